The molecule has 6 nitrogen and oxygen atoms in total. The molecule has 6 rings (SSSR count). The van der Waals surface area contributed by atoms with E-state index in [1.54, 1.807) is 60.7 Å². The summed E-state index contributed by atoms with van der Waals surface area (Å²) in [6.07, 6.45) is -0.947. The molecule has 3 aliphatic rings. The summed E-state index contributed by atoms with van der Waals surface area (Å²) in [6.45, 7) is 1.92. The van der Waals surface area contributed by atoms with Gasteiger partial charge in [-0.05, 0) is 24.6 Å². The van der Waals surface area contributed by atoms with E-state index in [9.17, 15) is 19.2 Å². The van der Waals surface area contributed by atoms with Gasteiger partial charge in [-0.3, -0.25) is 19.2 Å². The van der Waals surface area contributed by atoms with Crippen molar-refractivity contribution in [3.8, 4) is 0 Å². The molecule has 7 heteroatoms. The molecule has 1 aliphatic carbocycles. The van der Waals surface area contributed by atoms with Crippen LogP contribution in [0.15, 0.2) is 72.8 Å². The van der Waals surface area contributed by atoms with Crippen LogP contribution in [0.5, 0.6) is 0 Å². The molecule has 2 fully saturated rings. The first kappa shape index (κ1) is 21.0. The maximum Gasteiger partial charge on any atom is 0.241 e. The van der Waals surface area contributed by atoms with E-state index >= 15 is 0 Å². The number of benzene rings is 3. The van der Waals surface area contributed by atoms with Crippen molar-refractivity contribution in [3.05, 3.63) is 100 Å². The number of halogens is 1. The van der Waals surface area contributed by atoms with Crippen LogP contribution in [0.1, 0.15) is 37.9 Å². The van der Waals surface area contributed by atoms with Crippen LogP contribution in [-0.2, 0) is 14.3 Å². The molecule has 2 saturated heterocycles. The molecule has 2 aliphatic heterocycles. The zero-order valence-corrected chi connectivity index (χ0v) is 18.8. The maximum absolute atomic E-state index is 13.8. The lowest BCUT2D eigenvalue weighted by molar-refractivity contribution is -0.127. The van der Waals surface area contributed by atoms with Crippen LogP contribution in [-0.4, -0.2) is 29.0 Å². The molecule has 0 aromatic heterocycles. The molecule has 2 heterocycles. The van der Waals surface area contributed by atoms with Gasteiger partial charge in [-0.2, -0.15) is 0 Å². The summed E-state index contributed by atoms with van der Waals surface area (Å²) in [5.41, 5.74) is 0.157. The fourth-order valence-electron chi connectivity index (χ4n) is 5.44. The molecule has 168 valence electrons. The first-order valence-corrected chi connectivity index (χ1v) is 11.3. The van der Waals surface area contributed by atoms with Crippen molar-refractivity contribution in [2.24, 2.45) is 11.8 Å². The predicted molar refractivity (Wildman–Crippen MR) is 124 cm³/mol. The molecule has 3 aromatic rings. The largest absolute Gasteiger partial charge is 0.349 e. The van der Waals surface area contributed by atoms with Crippen LogP contribution < -0.4 is 4.90 Å². The molecule has 3 atom stereocenters. The van der Waals surface area contributed by atoms with Crippen LogP contribution in [0.4, 0.5) is 5.69 Å². The topological polar surface area (TPSA) is 80.8 Å². The van der Waals surface area contributed by atoms with Crippen molar-refractivity contribution in [2.45, 2.75) is 18.6 Å². The average molecular weight is 472 g/mol. The Bertz CT molecular complexity index is 1380. The summed E-state index contributed by atoms with van der Waals surface area (Å²) in [6, 6.07) is 20.2. The van der Waals surface area contributed by atoms with Gasteiger partial charge in [0.25, 0.3) is 0 Å². The van der Waals surface area contributed by atoms with E-state index in [1.807, 2.05) is 19.1 Å². The average Bonchev–Trinajstić information content (AvgIpc) is 3.40. The van der Waals surface area contributed by atoms with E-state index < -0.39 is 46.9 Å². The molecule has 34 heavy (non-hydrogen) atoms. The number of imide groups is 1. The molecule has 1 spiro atoms. The SMILES string of the molecule is Cc1ccc([C@H]2OC3(C(=O)c4ccccc4C3=O)[C@H]3C(=O)N(c4ccccc4Cl)C(=O)[C@@H]23)cc1. The molecule has 0 saturated carbocycles. The first-order valence-electron chi connectivity index (χ1n) is 10.9. The van der Waals surface area contributed by atoms with E-state index in [0.717, 1.165) is 10.5 Å². The van der Waals surface area contributed by atoms with Gasteiger partial charge in [-0.15, -0.1) is 0 Å². The highest BCUT2D eigenvalue weighted by Crippen LogP contribution is 2.58. The van der Waals surface area contributed by atoms with Gasteiger partial charge in [0.05, 0.1) is 28.6 Å². The van der Waals surface area contributed by atoms with Gasteiger partial charge in [-0.1, -0.05) is 77.8 Å². The number of nitrogens with zero attached hydrogens (tertiary/aromatic N) is 1. The van der Waals surface area contributed by atoms with Crippen LogP contribution in [0, 0.1) is 18.8 Å². The highest BCUT2D eigenvalue weighted by Gasteiger charge is 2.74. The maximum atomic E-state index is 13.8. The summed E-state index contributed by atoms with van der Waals surface area (Å²) in [4.78, 5) is 56.1. The van der Waals surface area contributed by atoms with Gasteiger partial charge >= 0.3 is 0 Å². The Morgan fingerprint density at radius 3 is 2.00 bits per heavy atom. The zero-order chi connectivity index (χ0) is 23.8. The summed E-state index contributed by atoms with van der Waals surface area (Å²) < 4.78 is 6.26. The molecule has 0 N–H and O–H groups in total. The molecular weight excluding hydrogens is 454 g/mol. The molecule has 0 radical (unpaired) electrons. The van der Waals surface area contributed by atoms with Crippen molar-refractivity contribution in [1.82, 2.24) is 0 Å². The summed E-state index contributed by atoms with van der Waals surface area (Å²) in [7, 11) is 0. The third-order valence-electron chi connectivity index (χ3n) is 7.02. The molecule has 0 unspecified atom stereocenters. The van der Waals surface area contributed by atoms with E-state index in [2.05, 4.69) is 0 Å². The third kappa shape index (κ3) is 2.55. The fraction of sp³-hybridized carbons (Fsp3) is 0.185. The molecule has 2 amide bonds. The molecule has 0 bridgehead atoms. The van der Waals surface area contributed by atoms with E-state index in [4.69, 9.17) is 16.3 Å². The Kier molecular flexibility index (Phi) is 4.43. The van der Waals surface area contributed by atoms with Gasteiger partial charge in [-0.25, -0.2) is 4.90 Å². The van der Waals surface area contributed by atoms with Gasteiger partial charge in [0, 0.05) is 11.1 Å². The summed E-state index contributed by atoms with van der Waals surface area (Å²) in [5, 5.41) is 0.221. The normalized spacial score (nSPS) is 24.8. The van der Waals surface area contributed by atoms with Gasteiger partial charge in [0.2, 0.25) is 29.0 Å². The number of Topliss-reactive ketones (excluding diaryl/α,β-unsaturated/α-hetero) is 2. The second-order valence-corrected chi connectivity index (χ2v) is 9.26. The van der Waals surface area contributed by atoms with Crippen molar-refractivity contribution in [1.29, 1.82) is 0 Å². The number of rotatable bonds is 2. The quantitative estimate of drug-likeness (QED) is 0.410. The van der Waals surface area contributed by atoms with Crippen LogP contribution >= 0.6 is 11.6 Å². The van der Waals surface area contributed by atoms with Crippen LogP contribution in [0.25, 0.3) is 0 Å². The third-order valence-corrected chi connectivity index (χ3v) is 7.34. The number of hydrogen-bond acceptors (Lipinski definition) is 5. The molecule has 3 aromatic carbocycles. The number of hydrogen-bond donors (Lipinski definition) is 0. The lowest BCUT2D eigenvalue weighted by Gasteiger charge is -2.27. The van der Waals surface area contributed by atoms with Gasteiger partial charge < -0.3 is 4.74 Å². The van der Waals surface area contributed by atoms with Crippen molar-refractivity contribution in [2.75, 3.05) is 4.90 Å². The van der Waals surface area contributed by atoms with Gasteiger partial charge in [0.15, 0.2) is 0 Å². The monoisotopic (exact) mass is 471 g/mol. The number of fused-ring (bicyclic) bond motifs is 3. The predicted octanol–water partition coefficient (Wildman–Crippen LogP) is 4.34. The van der Waals surface area contributed by atoms with Crippen molar-refractivity contribution < 1.29 is 23.9 Å². The standard InChI is InChI=1S/C27H18ClNO5/c1-14-10-12-15(13-11-14)22-20-21(26(33)29(25(20)32)19-9-5-4-8-18(19)28)27(34-22)23(30)16-6-2-3-7-17(16)24(27)31/h2-13,20-22H,1H3/t20-,21-,22-/m1/s1. The minimum absolute atomic E-state index is 0.201. The number of anilines is 1. The minimum atomic E-state index is -2.09. The zero-order valence-electron chi connectivity index (χ0n) is 18.0. The Morgan fingerprint density at radius 1 is 0.794 bits per heavy atom. The number of para-hydroxylation sites is 1. The lowest BCUT2D eigenvalue weighted by atomic mass is 9.77. The lowest BCUT2D eigenvalue weighted by Crippen LogP contribution is -2.51. The Labute approximate surface area is 200 Å². The number of ether oxygens (including phenoxy) is 1. The highest BCUT2D eigenvalue weighted by molar-refractivity contribution is 6.39. The summed E-state index contributed by atoms with van der Waals surface area (Å²) >= 11 is 6.33. The second-order valence-electron chi connectivity index (χ2n) is 8.86. The van der Waals surface area contributed by atoms with Gasteiger partial charge in [0.1, 0.15) is 0 Å². The minimum Gasteiger partial charge on any atom is -0.349 e. The second kappa shape index (κ2) is 7.19. The van der Waals surface area contributed by atoms with Crippen molar-refractivity contribution in [3.63, 3.8) is 0 Å². The van der Waals surface area contributed by atoms with Crippen molar-refractivity contribution >= 4 is 40.7 Å². The Morgan fingerprint density at radius 2 is 1.38 bits per heavy atom. The number of amides is 2. The number of carbonyl (C=O) groups is 4. The van der Waals surface area contributed by atoms with Crippen LogP contribution in [0.3, 0.4) is 0 Å². The van der Waals surface area contributed by atoms with E-state index in [0.29, 0.717) is 5.56 Å². The number of aryl methyl sites for hydroxylation is 1. The number of carbonyl (C=O) groups excluding carboxylic acids is 4. The summed E-state index contributed by atoms with van der Waals surface area (Å²) in [5.74, 6) is -4.71. The Balaban J connectivity index is 1.56. The molecular formula is C27H18ClNO5. The van der Waals surface area contributed by atoms with Crippen LogP contribution in [0.2, 0.25) is 5.02 Å². The fourth-order valence-corrected chi connectivity index (χ4v) is 5.66. The number of ketones is 2. The first-order chi connectivity index (χ1) is 16.4. The highest BCUT2D eigenvalue weighted by atomic mass is 35.5. The van der Waals surface area contributed by atoms with E-state index in [-0.39, 0.29) is 21.8 Å². The van der Waals surface area contributed by atoms with E-state index in [1.165, 1.54) is 0 Å². The Hall–Kier alpha value is -3.61. The smallest absolute Gasteiger partial charge is 0.241 e.